The highest BCUT2D eigenvalue weighted by Gasteiger charge is 2.27. The average molecular weight is 480 g/mol. The van der Waals surface area contributed by atoms with Crippen molar-refractivity contribution in [2.75, 3.05) is 6.61 Å². The number of Topliss-reactive ketones (excluding diaryl/α,β-unsaturated/α-hetero) is 1. The molecule has 0 aliphatic heterocycles. The van der Waals surface area contributed by atoms with E-state index < -0.39 is 19.6 Å². The van der Waals surface area contributed by atoms with Crippen LogP contribution in [0.15, 0.2) is 58.9 Å². The molecule has 0 saturated heterocycles. The molecular weight excluding hydrogens is 447 g/mol. The molecule has 1 aromatic carbocycles. The lowest BCUT2D eigenvalue weighted by atomic mass is 9.95. The largest absolute Gasteiger partial charge is 0.515 e. The van der Waals surface area contributed by atoms with Crippen LogP contribution < -0.4 is 10.3 Å². The van der Waals surface area contributed by atoms with Crippen molar-refractivity contribution in [3.63, 3.8) is 0 Å². The highest BCUT2D eigenvalue weighted by atomic mass is 31.2. The summed E-state index contributed by atoms with van der Waals surface area (Å²) in [4.78, 5) is 28.3. The van der Waals surface area contributed by atoms with Crippen LogP contribution in [0.25, 0.3) is 0 Å². The summed E-state index contributed by atoms with van der Waals surface area (Å²) in [5, 5.41) is 9.50. The zero-order valence-electron chi connectivity index (χ0n) is 19.6. The quantitative estimate of drug-likeness (QED) is 0.105. The Hall–Kier alpha value is -2.90. The van der Waals surface area contributed by atoms with Gasteiger partial charge in [0.25, 0.3) is 0 Å². The zero-order chi connectivity index (χ0) is 25.0. The molecule has 0 radical (unpaired) electrons. The van der Waals surface area contributed by atoms with E-state index >= 15 is 0 Å². The van der Waals surface area contributed by atoms with E-state index in [1.54, 1.807) is 58.0 Å². The minimum absolute atomic E-state index is 0.0497. The van der Waals surface area contributed by atoms with E-state index in [1.807, 2.05) is 0 Å². The SMILES string of the molecule is CC(C)OC(=O)[C@H](C)N=CP(=O)(OCC/C(=C/N)C(=CO)C(=O)C(C)C)Oc1ccccc1. The molecule has 0 aliphatic rings. The van der Waals surface area contributed by atoms with Crippen LogP contribution >= 0.6 is 7.60 Å². The number of ketones is 1. The molecule has 0 aliphatic carbocycles. The number of allylic oxidation sites excluding steroid dienone is 1. The fourth-order valence-corrected chi connectivity index (χ4v) is 3.78. The van der Waals surface area contributed by atoms with Crippen molar-refractivity contribution in [1.29, 1.82) is 0 Å². The molecule has 0 fully saturated rings. The van der Waals surface area contributed by atoms with E-state index in [9.17, 15) is 19.3 Å². The Morgan fingerprint density at radius 3 is 2.30 bits per heavy atom. The van der Waals surface area contributed by atoms with Crippen LogP contribution in [0.5, 0.6) is 5.75 Å². The second kappa shape index (κ2) is 13.6. The van der Waals surface area contributed by atoms with Crippen LogP contribution in [0.2, 0.25) is 0 Å². The van der Waals surface area contributed by atoms with Crippen molar-refractivity contribution in [1.82, 2.24) is 0 Å². The molecular formula is C23H33N2O7P. The lowest BCUT2D eigenvalue weighted by molar-refractivity contribution is -0.148. The summed E-state index contributed by atoms with van der Waals surface area (Å²) in [6, 6.07) is 7.44. The van der Waals surface area contributed by atoms with Crippen molar-refractivity contribution in [3.05, 3.63) is 53.9 Å². The molecule has 2 atom stereocenters. The number of para-hydroxylation sites is 1. The first-order valence-electron chi connectivity index (χ1n) is 10.6. The first-order valence-corrected chi connectivity index (χ1v) is 12.2. The lowest BCUT2D eigenvalue weighted by Crippen LogP contribution is -2.22. The Morgan fingerprint density at radius 2 is 1.79 bits per heavy atom. The average Bonchev–Trinajstić information content (AvgIpc) is 2.76. The van der Waals surface area contributed by atoms with E-state index in [-0.39, 0.29) is 42.2 Å². The van der Waals surface area contributed by atoms with Crippen molar-refractivity contribution in [2.24, 2.45) is 16.6 Å². The first kappa shape index (κ1) is 28.1. The van der Waals surface area contributed by atoms with Crippen LogP contribution in [0.4, 0.5) is 0 Å². The van der Waals surface area contributed by atoms with Gasteiger partial charge >= 0.3 is 13.6 Å². The van der Waals surface area contributed by atoms with Gasteiger partial charge in [-0.05, 0) is 51.1 Å². The molecule has 0 aromatic heterocycles. The summed E-state index contributed by atoms with van der Waals surface area (Å²) in [5.74, 6) is 0.0270. The van der Waals surface area contributed by atoms with Crippen molar-refractivity contribution >= 4 is 25.3 Å². The topological polar surface area (TPSA) is 138 Å². The molecule has 33 heavy (non-hydrogen) atoms. The summed E-state index contributed by atoms with van der Waals surface area (Å²) in [6.07, 6.45) is 1.64. The second-order valence-corrected chi connectivity index (χ2v) is 9.46. The molecule has 3 N–H and O–H groups in total. The highest BCUT2D eigenvalue weighted by molar-refractivity contribution is 7.70. The van der Waals surface area contributed by atoms with Gasteiger partial charge in [-0.1, -0.05) is 32.0 Å². The van der Waals surface area contributed by atoms with Gasteiger partial charge < -0.3 is 20.1 Å². The number of hydrogen-bond acceptors (Lipinski definition) is 9. The number of nitrogens with two attached hydrogens (primary N) is 1. The Bertz CT molecular complexity index is 924. The molecule has 0 saturated carbocycles. The van der Waals surface area contributed by atoms with Crippen molar-refractivity contribution < 1.29 is 33.0 Å². The minimum atomic E-state index is -3.95. The maximum absolute atomic E-state index is 13.4. The number of esters is 1. The predicted molar refractivity (Wildman–Crippen MR) is 127 cm³/mol. The van der Waals surface area contributed by atoms with Crippen LogP contribution in [0.1, 0.15) is 41.0 Å². The maximum atomic E-state index is 13.4. The van der Waals surface area contributed by atoms with Gasteiger partial charge in [-0.3, -0.25) is 14.3 Å². The molecule has 0 bridgehead atoms. The second-order valence-electron chi connectivity index (χ2n) is 7.71. The van der Waals surface area contributed by atoms with Crippen LogP contribution in [-0.4, -0.2) is 41.6 Å². The third-order valence-corrected chi connectivity index (χ3v) is 5.63. The number of aliphatic hydroxyl groups is 1. The molecule has 0 spiro atoms. The molecule has 1 rings (SSSR count). The summed E-state index contributed by atoms with van der Waals surface area (Å²) in [6.45, 7) is 8.15. The molecule has 9 nitrogen and oxygen atoms in total. The number of carbonyl (C=O) groups is 2. The molecule has 1 unspecified atom stereocenters. The van der Waals surface area contributed by atoms with Gasteiger partial charge in [0, 0.05) is 5.92 Å². The molecule has 10 heteroatoms. The van der Waals surface area contributed by atoms with E-state index in [0.29, 0.717) is 11.8 Å². The van der Waals surface area contributed by atoms with E-state index in [0.717, 1.165) is 5.96 Å². The Balaban J connectivity index is 3.01. The summed E-state index contributed by atoms with van der Waals surface area (Å²) in [5.41, 5.74) is 6.01. The van der Waals surface area contributed by atoms with Crippen LogP contribution in [0.3, 0.4) is 0 Å². The molecule has 0 heterocycles. The molecule has 1 aromatic rings. The number of nitrogens with zero attached hydrogens (tertiary/aromatic N) is 1. The number of hydrogen-bond donors (Lipinski definition) is 2. The maximum Gasteiger partial charge on any atom is 0.421 e. The Morgan fingerprint density at radius 1 is 1.15 bits per heavy atom. The highest BCUT2D eigenvalue weighted by Crippen LogP contribution is 2.46. The monoisotopic (exact) mass is 480 g/mol. The number of aliphatic imine (C=N–C) groups is 1. The standard InChI is InChI=1S/C23H33N2O7P/c1-16(2)22(27)21(14-26)19(13-24)11-12-30-33(29,32-20-9-7-6-8-10-20)15-25-18(5)23(28)31-17(3)4/h6-10,13-18,26H,11-12,24H2,1-5H3/b19-13-,21-14?,25-15?/t18-,33?/m0/s1. The lowest BCUT2D eigenvalue weighted by Gasteiger charge is -2.18. The molecule has 182 valence electrons. The summed E-state index contributed by atoms with van der Waals surface area (Å²) in [7, 11) is -3.95. The van der Waals surface area contributed by atoms with Crippen molar-refractivity contribution in [2.45, 2.75) is 53.2 Å². The van der Waals surface area contributed by atoms with E-state index in [2.05, 4.69) is 4.99 Å². The van der Waals surface area contributed by atoms with Gasteiger partial charge in [-0.2, -0.15) is 0 Å². The van der Waals surface area contributed by atoms with E-state index in [4.69, 9.17) is 19.5 Å². The third-order valence-electron chi connectivity index (χ3n) is 4.21. The first-order chi connectivity index (χ1) is 15.5. The number of ether oxygens (including phenoxy) is 1. The van der Waals surface area contributed by atoms with E-state index in [1.165, 1.54) is 13.1 Å². The smallest absolute Gasteiger partial charge is 0.421 e. The van der Waals surface area contributed by atoms with Gasteiger partial charge in [0.15, 0.2) is 5.78 Å². The van der Waals surface area contributed by atoms with Crippen LogP contribution in [0, 0.1) is 5.92 Å². The Kier molecular flexibility index (Phi) is 11.6. The summed E-state index contributed by atoms with van der Waals surface area (Å²) >= 11 is 0. The molecule has 0 amide bonds. The number of benzene rings is 1. The van der Waals surface area contributed by atoms with Gasteiger partial charge in [-0.25, -0.2) is 9.36 Å². The van der Waals surface area contributed by atoms with Crippen LogP contribution in [-0.2, 0) is 23.4 Å². The minimum Gasteiger partial charge on any atom is -0.515 e. The fraction of sp³-hybridized carbons (Fsp3) is 0.435. The normalized spacial score (nSPS) is 15.5. The van der Waals surface area contributed by atoms with Gasteiger partial charge in [0.05, 0.1) is 24.5 Å². The van der Waals surface area contributed by atoms with Gasteiger partial charge in [0.1, 0.15) is 17.7 Å². The fourth-order valence-electron chi connectivity index (χ4n) is 2.49. The predicted octanol–water partition coefficient (Wildman–Crippen LogP) is 4.54. The number of aliphatic hydroxyl groups excluding tert-OH is 1. The third kappa shape index (κ3) is 9.63. The zero-order valence-corrected chi connectivity index (χ0v) is 20.5. The van der Waals surface area contributed by atoms with Gasteiger partial charge in [0.2, 0.25) is 0 Å². The van der Waals surface area contributed by atoms with Crippen molar-refractivity contribution in [3.8, 4) is 5.75 Å². The van der Waals surface area contributed by atoms with Gasteiger partial charge in [-0.15, -0.1) is 0 Å². The number of carbonyl (C=O) groups excluding carboxylic acids is 2. The summed E-state index contributed by atoms with van der Waals surface area (Å²) < 4.78 is 29.5. The Labute approximate surface area is 194 Å². The number of rotatable bonds is 13.